The summed E-state index contributed by atoms with van der Waals surface area (Å²) >= 11 is 0. The van der Waals surface area contributed by atoms with Crippen LogP contribution in [0.4, 0.5) is 4.39 Å². The molecule has 1 amide bonds. The average molecular weight is 366 g/mol. The molecule has 1 saturated heterocycles. The Morgan fingerprint density at radius 3 is 2.81 bits per heavy atom. The predicted molar refractivity (Wildman–Crippen MR) is 97.9 cm³/mol. The Kier molecular flexibility index (Phi) is 4.62. The van der Waals surface area contributed by atoms with Crippen molar-refractivity contribution in [3.8, 4) is 17.1 Å². The van der Waals surface area contributed by atoms with Gasteiger partial charge in [0.05, 0.1) is 18.7 Å². The van der Waals surface area contributed by atoms with Gasteiger partial charge in [0, 0.05) is 18.2 Å². The van der Waals surface area contributed by atoms with Gasteiger partial charge >= 0.3 is 0 Å². The molecule has 0 spiro atoms. The summed E-state index contributed by atoms with van der Waals surface area (Å²) in [5.74, 6) is 0.540. The van der Waals surface area contributed by atoms with Crippen LogP contribution < -0.4 is 4.74 Å². The Hall–Kier alpha value is -3.15. The number of amides is 1. The molecule has 5 nitrogen and oxygen atoms in total. The number of aromatic nitrogens is 1. The van der Waals surface area contributed by atoms with Crippen LogP contribution in [0.3, 0.4) is 0 Å². The summed E-state index contributed by atoms with van der Waals surface area (Å²) < 4.78 is 24.9. The van der Waals surface area contributed by atoms with E-state index in [4.69, 9.17) is 9.26 Å². The molecule has 27 heavy (non-hydrogen) atoms. The minimum Gasteiger partial charge on any atom is -0.496 e. The van der Waals surface area contributed by atoms with E-state index in [9.17, 15) is 9.18 Å². The van der Waals surface area contributed by atoms with Crippen molar-refractivity contribution in [2.45, 2.75) is 18.9 Å². The van der Waals surface area contributed by atoms with Gasteiger partial charge in [-0.1, -0.05) is 35.5 Å². The van der Waals surface area contributed by atoms with Gasteiger partial charge in [-0.2, -0.15) is 0 Å². The fourth-order valence-corrected chi connectivity index (χ4v) is 3.58. The molecule has 0 N–H and O–H groups in total. The number of halogens is 1. The van der Waals surface area contributed by atoms with Gasteiger partial charge in [0.25, 0.3) is 5.91 Å². The Morgan fingerprint density at radius 2 is 2.00 bits per heavy atom. The van der Waals surface area contributed by atoms with E-state index >= 15 is 0 Å². The quantitative estimate of drug-likeness (QED) is 0.684. The molecule has 0 radical (unpaired) electrons. The van der Waals surface area contributed by atoms with Crippen molar-refractivity contribution in [3.05, 3.63) is 71.7 Å². The van der Waals surface area contributed by atoms with E-state index < -0.39 is 0 Å². The number of carbonyl (C=O) groups is 1. The zero-order valence-electron chi connectivity index (χ0n) is 14.9. The van der Waals surface area contributed by atoms with Crippen molar-refractivity contribution in [2.24, 2.45) is 0 Å². The number of methoxy groups -OCH3 is 1. The fourth-order valence-electron chi connectivity index (χ4n) is 3.58. The van der Waals surface area contributed by atoms with Gasteiger partial charge in [-0.3, -0.25) is 4.79 Å². The van der Waals surface area contributed by atoms with Crippen LogP contribution >= 0.6 is 0 Å². The van der Waals surface area contributed by atoms with Crippen LogP contribution in [0.5, 0.6) is 5.75 Å². The van der Waals surface area contributed by atoms with Crippen LogP contribution in [0.2, 0.25) is 0 Å². The second-order valence-electron chi connectivity index (χ2n) is 6.45. The summed E-state index contributed by atoms with van der Waals surface area (Å²) in [6.45, 7) is 0.564. The van der Waals surface area contributed by atoms with E-state index in [0.29, 0.717) is 23.6 Å². The standard InChI is InChI=1S/C21H19FN2O3/c1-26-19-11-5-3-8-15(19)20-13-17(23-27-20)21(25)24-12-6-10-18(24)14-7-2-4-9-16(14)22/h2-5,7-9,11,13,18H,6,10,12H2,1H3/t18-/m0/s1. The largest absolute Gasteiger partial charge is 0.496 e. The number of carbonyl (C=O) groups excluding carboxylic acids is 1. The molecule has 2 heterocycles. The lowest BCUT2D eigenvalue weighted by Gasteiger charge is -2.24. The van der Waals surface area contributed by atoms with Crippen molar-refractivity contribution in [2.75, 3.05) is 13.7 Å². The molecule has 138 valence electrons. The van der Waals surface area contributed by atoms with Gasteiger partial charge in [0.15, 0.2) is 11.5 Å². The summed E-state index contributed by atoms with van der Waals surface area (Å²) in [5, 5.41) is 3.95. The molecule has 1 fully saturated rings. The Bertz CT molecular complexity index is 969. The first-order valence-corrected chi connectivity index (χ1v) is 8.84. The van der Waals surface area contributed by atoms with E-state index in [-0.39, 0.29) is 23.5 Å². The third kappa shape index (κ3) is 3.18. The lowest BCUT2D eigenvalue weighted by Crippen LogP contribution is -2.31. The number of rotatable bonds is 4. The maximum Gasteiger partial charge on any atom is 0.276 e. The minimum atomic E-state index is -0.294. The van der Waals surface area contributed by atoms with Crippen LogP contribution in [0.1, 0.15) is 34.9 Å². The summed E-state index contributed by atoms with van der Waals surface area (Å²) in [7, 11) is 1.57. The lowest BCUT2D eigenvalue weighted by atomic mass is 10.0. The van der Waals surface area contributed by atoms with Crippen molar-refractivity contribution >= 4 is 5.91 Å². The molecule has 1 atom stereocenters. The number of hydrogen-bond donors (Lipinski definition) is 0. The summed E-state index contributed by atoms with van der Waals surface area (Å²) in [5.41, 5.74) is 1.47. The SMILES string of the molecule is COc1ccccc1-c1cc(C(=O)N2CCC[C@H]2c2ccccc2F)no1. The van der Waals surface area contributed by atoms with Gasteiger partial charge in [-0.25, -0.2) is 4.39 Å². The highest BCUT2D eigenvalue weighted by molar-refractivity contribution is 5.93. The normalized spacial score (nSPS) is 16.5. The van der Waals surface area contributed by atoms with Crippen LogP contribution in [0.25, 0.3) is 11.3 Å². The number of para-hydroxylation sites is 1. The fraction of sp³-hybridized carbons (Fsp3) is 0.238. The molecule has 0 aliphatic carbocycles. The third-order valence-corrected chi connectivity index (χ3v) is 4.88. The smallest absolute Gasteiger partial charge is 0.276 e. The summed E-state index contributed by atoms with van der Waals surface area (Å²) in [4.78, 5) is 14.7. The van der Waals surface area contributed by atoms with Crippen LogP contribution in [-0.2, 0) is 0 Å². The lowest BCUT2D eigenvalue weighted by molar-refractivity contribution is 0.0723. The van der Waals surface area contributed by atoms with Crippen molar-refractivity contribution < 1.29 is 18.4 Å². The Morgan fingerprint density at radius 1 is 1.22 bits per heavy atom. The number of likely N-dealkylation sites (tertiary alicyclic amines) is 1. The third-order valence-electron chi connectivity index (χ3n) is 4.88. The second-order valence-corrected chi connectivity index (χ2v) is 6.45. The van der Waals surface area contributed by atoms with Crippen LogP contribution in [0.15, 0.2) is 59.1 Å². The number of ether oxygens (including phenoxy) is 1. The monoisotopic (exact) mass is 366 g/mol. The molecule has 0 unspecified atom stereocenters. The van der Waals surface area contributed by atoms with Gasteiger partial charge in [0.2, 0.25) is 0 Å². The highest BCUT2D eigenvalue weighted by Gasteiger charge is 2.33. The first-order valence-electron chi connectivity index (χ1n) is 8.84. The first-order chi connectivity index (χ1) is 13.2. The maximum absolute atomic E-state index is 14.2. The topological polar surface area (TPSA) is 55.6 Å². The molecule has 6 heteroatoms. The van der Waals surface area contributed by atoms with E-state index in [1.807, 2.05) is 24.3 Å². The maximum atomic E-state index is 14.2. The molecule has 1 aliphatic heterocycles. The molecular weight excluding hydrogens is 347 g/mol. The molecule has 2 aromatic carbocycles. The van der Waals surface area contributed by atoms with Crippen molar-refractivity contribution in [1.29, 1.82) is 0 Å². The van der Waals surface area contributed by atoms with E-state index in [1.54, 1.807) is 36.3 Å². The first kappa shape index (κ1) is 17.3. The van der Waals surface area contributed by atoms with E-state index in [1.165, 1.54) is 6.07 Å². The van der Waals surface area contributed by atoms with Gasteiger partial charge < -0.3 is 14.2 Å². The molecule has 0 saturated carbocycles. The van der Waals surface area contributed by atoms with Gasteiger partial charge in [-0.15, -0.1) is 0 Å². The average Bonchev–Trinajstić information content (AvgIpc) is 3.38. The Labute approximate surface area is 156 Å². The van der Waals surface area contributed by atoms with Crippen molar-refractivity contribution in [1.82, 2.24) is 10.1 Å². The number of hydrogen-bond acceptors (Lipinski definition) is 4. The molecule has 3 aromatic rings. The highest BCUT2D eigenvalue weighted by Crippen LogP contribution is 2.35. The van der Waals surface area contributed by atoms with Crippen LogP contribution in [-0.4, -0.2) is 29.6 Å². The molecular formula is C21H19FN2O3. The number of benzene rings is 2. The number of nitrogens with zero attached hydrogens (tertiary/aromatic N) is 2. The molecule has 1 aromatic heterocycles. The summed E-state index contributed by atoms with van der Waals surface area (Å²) in [6.07, 6.45) is 1.55. The van der Waals surface area contributed by atoms with E-state index in [0.717, 1.165) is 18.4 Å². The van der Waals surface area contributed by atoms with Crippen molar-refractivity contribution in [3.63, 3.8) is 0 Å². The molecule has 0 bridgehead atoms. The molecule has 1 aliphatic rings. The minimum absolute atomic E-state index is 0.208. The Balaban J connectivity index is 1.62. The van der Waals surface area contributed by atoms with Gasteiger partial charge in [0.1, 0.15) is 11.6 Å². The van der Waals surface area contributed by atoms with Crippen LogP contribution in [0, 0.1) is 5.82 Å². The van der Waals surface area contributed by atoms with E-state index in [2.05, 4.69) is 5.16 Å². The molecule has 4 rings (SSSR count). The summed E-state index contributed by atoms with van der Waals surface area (Å²) in [6, 6.07) is 15.3. The second kappa shape index (κ2) is 7.23. The zero-order valence-corrected chi connectivity index (χ0v) is 14.9. The highest BCUT2D eigenvalue weighted by atomic mass is 19.1. The predicted octanol–water partition coefficient (Wildman–Crippen LogP) is 4.47. The zero-order chi connectivity index (χ0) is 18.8. The van der Waals surface area contributed by atoms with Gasteiger partial charge in [-0.05, 0) is 31.0 Å².